The van der Waals surface area contributed by atoms with E-state index in [0.717, 1.165) is 19.6 Å². The van der Waals surface area contributed by atoms with Crippen LogP contribution in [0.1, 0.15) is 46.0 Å². The first kappa shape index (κ1) is 12.9. The predicted molar refractivity (Wildman–Crippen MR) is 58.1 cm³/mol. The van der Waals surface area contributed by atoms with Crippen molar-refractivity contribution >= 4 is 0 Å². The fourth-order valence-corrected chi connectivity index (χ4v) is 1.35. The summed E-state index contributed by atoms with van der Waals surface area (Å²) in [5.41, 5.74) is 0. The third-order valence-corrected chi connectivity index (χ3v) is 2.29. The first-order valence-electron chi connectivity index (χ1n) is 5.61. The topological polar surface area (TPSA) is 21.3 Å². The van der Waals surface area contributed by atoms with E-state index in [2.05, 4.69) is 19.2 Å². The molecule has 0 aliphatic rings. The normalized spacial score (nSPS) is 13.2. The average molecular weight is 187 g/mol. The van der Waals surface area contributed by atoms with Crippen LogP contribution in [0.2, 0.25) is 0 Å². The van der Waals surface area contributed by atoms with E-state index in [1.807, 2.05) is 7.05 Å². The summed E-state index contributed by atoms with van der Waals surface area (Å²) in [4.78, 5) is 0. The highest BCUT2D eigenvalue weighted by atomic mass is 16.5. The van der Waals surface area contributed by atoms with Gasteiger partial charge in [-0.3, -0.25) is 0 Å². The largest absolute Gasteiger partial charge is 0.377 e. The monoisotopic (exact) mass is 187 g/mol. The molecule has 0 aliphatic heterocycles. The molecule has 0 saturated heterocycles. The van der Waals surface area contributed by atoms with Crippen LogP contribution in [0, 0.1) is 0 Å². The minimum atomic E-state index is 0.486. The van der Waals surface area contributed by atoms with Gasteiger partial charge in [0.25, 0.3) is 0 Å². The maximum Gasteiger partial charge on any atom is 0.0594 e. The second kappa shape index (κ2) is 10.0. The molecule has 0 aromatic carbocycles. The lowest BCUT2D eigenvalue weighted by Crippen LogP contribution is -2.20. The Balaban J connectivity index is 3.28. The number of ether oxygens (including phenoxy) is 1. The van der Waals surface area contributed by atoms with Crippen molar-refractivity contribution in [2.75, 3.05) is 20.2 Å². The van der Waals surface area contributed by atoms with Gasteiger partial charge in [0.1, 0.15) is 0 Å². The lowest BCUT2D eigenvalue weighted by Gasteiger charge is -2.15. The highest BCUT2D eigenvalue weighted by Crippen LogP contribution is 2.09. The van der Waals surface area contributed by atoms with Crippen molar-refractivity contribution in [3.63, 3.8) is 0 Å². The minimum absolute atomic E-state index is 0.486. The second-order valence-electron chi connectivity index (χ2n) is 3.50. The average Bonchev–Trinajstić information content (AvgIpc) is 2.16. The molecule has 0 amide bonds. The summed E-state index contributed by atoms with van der Waals surface area (Å²) in [5, 5.41) is 3.09. The number of hydrogen-bond donors (Lipinski definition) is 1. The molecule has 0 heterocycles. The Kier molecular flexibility index (Phi) is 9.94. The standard InChI is InChI=1S/C11H25NO/c1-4-6-7-8-11(5-2)13-10-9-12-3/h11-12H,4-10H2,1-3H3. The van der Waals surface area contributed by atoms with Gasteiger partial charge >= 0.3 is 0 Å². The number of unbranched alkanes of at least 4 members (excludes halogenated alkanes) is 2. The lowest BCUT2D eigenvalue weighted by molar-refractivity contribution is 0.0459. The van der Waals surface area contributed by atoms with Crippen LogP contribution in [0.4, 0.5) is 0 Å². The third kappa shape index (κ3) is 8.26. The Bertz CT molecular complexity index is 86.1. The fraction of sp³-hybridized carbons (Fsp3) is 1.00. The Morgan fingerprint density at radius 1 is 1.23 bits per heavy atom. The van der Waals surface area contributed by atoms with Gasteiger partial charge in [-0.05, 0) is 19.9 Å². The molecule has 0 radical (unpaired) electrons. The van der Waals surface area contributed by atoms with E-state index in [1.165, 1.54) is 25.7 Å². The van der Waals surface area contributed by atoms with Gasteiger partial charge < -0.3 is 10.1 Å². The fourth-order valence-electron chi connectivity index (χ4n) is 1.35. The van der Waals surface area contributed by atoms with Gasteiger partial charge in [-0.25, -0.2) is 0 Å². The van der Waals surface area contributed by atoms with Gasteiger partial charge in [0.15, 0.2) is 0 Å². The third-order valence-electron chi connectivity index (χ3n) is 2.29. The van der Waals surface area contributed by atoms with E-state index in [-0.39, 0.29) is 0 Å². The molecule has 80 valence electrons. The second-order valence-corrected chi connectivity index (χ2v) is 3.50. The van der Waals surface area contributed by atoms with Crippen LogP contribution in [-0.2, 0) is 4.74 Å². The number of hydrogen-bond acceptors (Lipinski definition) is 2. The van der Waals surface area contributed by atoms with E-state index < -0.39 is 0 Å². The van der Waals surface area contributed by atoms with E-state index in [0.29, 0.717) is 6.10 Å². The van der Waals surface area contributed by atoms with Crippen molar-refractivity contribution in [3.8, 4) is 0 Å². The summed E-state index contributed by atoms with van der Waals surface area (Å²) < 4.78 is 5.72. The summed E-state index contributed by atoms with van der Waals surface area (Å²) in [5.74, 6) is 0. The molecule has 1 unspecified atom stereocenters. The SMILES string of the molecule is CCCCCC(CC)OCCNC. The summed E-state index contributed by atoms with van der Waals surface area (Å²) in [7, 11) is 1.96. The highest BCUT2D eigenvalue weighted by Gasteiger charge is 2.04. The maximum atomic E-state index is 5.72. The Morgan fingerprint density at radius 3 is 2.54 bits per heavy atom. The van der Waals surface area contributed by atoms with Crippen LogP contribution in [-0.4, -0.2) is 26.3 Å². The molecule has 0 rings (SSSR count). The molecule has 0 saturated carbocycles. The Morgan fingerprint density at radius 2 is 2.00 bits per heavy atom. The van der Waals surface area contributed by atoms with Gasteiger partial charge in [0.05, 0.1) is 12.7 Å². The zero-order valence-corrected chi connectivity index (χ0v) is 9.44. The Labute approximate surface area is 83.1 Å². The first-order chi connectivity index (χ1) is 6.35. The van der Waals surface area contributed by atoms with E-state index in [1.54, 1.807) is 0 Å². The highest BCUT2D eigenvalue weighted by molar-refractivity contribution is 4.56. The van der Waals surface area contributed by atoms with Gasteiger partial charge in [-0.1, -0.05) is 33.1 Å². The van der Waals surface area contributed by atoms with Crippen LogP contribution in [0.3, 0.4) is 0 Å². The summed E-state index contributed by atoms with van der Waals surface area (Å²) in [6, 6.07) is 0. The van der Waals surface area contributed by atoms with Crippen molar-refractivity contribution in [1.29, 1.82) is 0 Å². The molecular formula is C11H25NO. The van der Waals surface area contributed by atoms with Crippen LogP contribution in [0.25, 0.3) is 0 Å². The molecule has 1 N–H and O–H groups in total. The Hall–Kier alpha value is -0.0800. The first-order valence-corrected chi connectivity index (χ1v) is 5.61. The van der Waals surface area contributed by atoms with Crippen molar-refractivity contribution in [2.45, 2.75) is 52.1 Å². The molecule has 1 atom stereocenters. The zero-order chi connectivity index (χ0) is 9.94. The molecule has 2 nitrogen and oxygen atoms in total. The molecule has 0 aromatic heterocycles. The lowest BCUT2D eigenvalue weighted by atomic mass is 10.1. The molecule has 0 bridgehead atoms. The van der Waals surface area contributed by atoms with Gasteiger partial charge in [-0.15, -0.1) is 0 Å². The number of rotatable bonds is 9. The molecule has 2 heteroatoms. The molecule has 0 spiro atoms. The van der Waals surface area contributed by atoms with Gasteiger partial charge in [0.2, 0.25) is 0 Å². The molecule has 0 aromatic rings. The van der Waals surface area contributed by atoms with Crippen molar-refractivity contribution in [2.24, 2.45) is 0 Å². The summed E-state index contributed by atoms with van der Waals surface area (Å²) >= 11 is 0. The van der Waals surface area contributed by atoms with Crippen molar-refractivity contribution < 1.29 is 4.74 Å². The van der Waals surface area contributed by atoms with E-state index >= 15 is 0 Å². The van der Waals surface area contributed by atoms with Crippen molar-refractivity contribution in [3.05, 3.63) is 0 Å². The molecule has 13 heavy (non-hydrogen) atoms. The quantitative estimate of drug-likeness (QED) is 0.560. The smallest absolute Gasteiger partial charge is 0.0594 e. The summed E-state index contributed by atoms with van der Waals surface area (Å²) in [6.45, 7) is 6.25. The zero-order valence-electron chi connectivity index (χ0n) is 9.44. The van der Waals surface area contributed by atoms with Crippen LogP contribution < -0.4 is 5.32 Å². The minimum Gasteiger partial charge on any atom is -0.377 e. The number of nitrogens with one attached hydrogen (secondary N) is 1. The maximum absolute atomic E-state index is 5.72. The molecule has 0 aliphatic carbocycles. The molecular weight excluding hydrogens is 162 g/mol. The van der Waals surface area contributed by atoms with Crippen molar-refractivity contribution in [1.82, 2.24) is 5.32 Å². The van der Waals surface area contributed by atoms with Gasteiger partial charge in [0, 0.05) is 6.54 Å². The van der Waals surface area contributed by atoms with Crippen LogP contribution >= 0.6 is 0 Å². The molecule has 0 fully saturated rings. The van der Waals surface area contributed by atoms with Crippen LogP contribution in [0.5, 0.6) is 0 Å². The van der Waals surface area contributed by atoms with E-state index in [9.17, 15) is 0 Å². The van der Waals surface area contributed by atoms with Gasteiger partial charge in [-0.2, -0.15) is 0 Å². The van der Waals surface area contributed by atoms with Crippen LogP contribution in [0.15, 0.2) is 0 Å². The predicted octanol–water partition coefficient (Wildman–Crippen LogP) is 2.58. The number of likely N-dealkylation sites (N-methyl/N-ethyl adjacent to an activating group) is 1. The van der Waals surface area contributed by atoms with E-state index in [4.69, 9.17) is 4.74 Å². The summed E-state index contributed by atoms with van der Waals surface area (Å²) in [6.07, 6.45) is 6.81.